The fraction of sp³-hybridized carbons (Fsp3) is 0.250. The lowest BCUT2D eigenvalue weighted by Crippen LogP contribution is -2.07. The van der Waals surface area contributed by atoms with Gasteiger partial charge in [0, 0.05) is 16.7 Å². The van der Waals surface area contributed by atoms with Crippen LogP contribution in [0.5, 0.6) is 0 Å². The normalized spacial score (nSPS) is 11.5. The summed E-state index contributed by atoms with van der Waals surface area (Å²) in [6.07, 6.45) is -4.34. The third-order valence-corrected chi connectivity index (χ3v) is 3.95. The van der Waals surface area contributed by atoms with Crippen molar-refractivity contribution in [3.8, 4) is 0 Å². The molecule has 0 radical (unpaired) electrons. The molecule has 0 unspecified atom stereocenters. The maximum atomic E-state index is 12.7. The van der Waals surface area contributed by atoms with Gasteiger partial charge in [0.15, 0.2) is 0 Å². The van der Waals surface area contributed by atoms with Crippen LogP contribution < -0.4 is 5.32 Å². The molecule has 112 valence electrons. The van der Waals surface area contributed by atoms with Crippen molar-refractivity contribution in [2.45, 2.75) is 26.6 Å². The molecule has 0 bridgehead atoms. The third-order valence-electron chi connectivity index (χ3n) is 3.26. The van der Waals surface area contributed by atoms with E-state index in [2.05, 4.69) is 27.3 Å². The summed E-state index contributed by atoms with van der Waals surface area (Å²) in [7, 11) is 0. The van der Waals surface area contributed by atoms with Gasteiger partial charge in [-0.3, -0.25) is 0 Å². The summed E-state index contributed by atoms with van der Waals surface area (Å²) >= 11 is 3.27. The molecule has 0 aliphatic carbocycles. The highest BCUT2D eigenvalue weighted by molar-refractivity contribution is 9.10. The average Bonchev–Trinajstić information content (AvgIpc) is 2.38. The lowest BCUT2D eigenvalue weighted by molar-refractivity contribution is -0.137. The van der Waals surface area contributed by atoms with E-state index in [0.29, 0.717) is 16.7 Å². The Morgan fingerprint density at radius 1 is 1.05 bits per heavy atom. The van der Waals surface area contributed by atoms with Gasteiger partial charge in [0.2, 0.25) is 0 Å². The Balaban J connectivity index is 2.19. The molecular formula is C16H15BrF3N. The molecule has 5 heteroatoms. The molecule has 0 atom stereocenters. The minimum Gasteiger partial charge on any atom is -0.380 e. The summed E-state index contributed by atoms with van der Waals surface area (Å²) in [4.78, 5) is 0. The highest BCUT2D eigenvalue weighted by Gasteiger charge is 2.30. The van der Waals surface area contributed by atoms with Gasteiger partial charge in [-0.1, -0.05) is 23.8 Å². The van der Waals surface area contributed by atoms with E-state index >= 15 is 0 Å². The van der Waals surface area contributed by atoms with Crippen molar-refractivity contribution in [1.82, 2.24) is 0 Å². The fourth-order valence-corrected chi connectivity index (χ4v) is 2.46. The number of halogens is 4. The van der Waals surface area contributed by atoms with E-state index < -0.39 is 11.7 Å². The SMILES string of the molecule is Cc1ccc(CNc2cc(C(F)(F)F)ccc2Br)c(C)c1. The first-order valence-electron chi connectivity index (χ1n) is 6.44. The van der Waals surface area contributed by atoms with Gasteiger partial charge in [0.25, 0.3) is 0 Å². The molecule has 0 spiro atoms. The van der Waals surface area contributed by atoms with Crippen molar-refractivity contribution in [1.29, 1.82) is 0 Å². The summed E-state index contributed by atoms with van der Waals surface area (Å²) < 4.78 is 38.8. The summed E-state index contributed by atoms with van der Waals surface area (Å²) in [6.45, 7) is 4.48. The van der Waals surface area contributed by atoms with Crippen molar-refractivity contribution in [2.75, 3.05) is 5.32 Å². The summed E-state index contributed by atoms with van der Waals surface area (Å²) in [5.74, 6) is 0. The topological polar surface area (TPSA) is 12.0 Å². The Kier molecular flexibility index (Phi) is 4.61. The lowest BCUT2D eigenvalue weighted by atomic mass is 10.1. The highest BCUT2D eigenvalue weighted by atomic mass is 79.9. The summed E-state index contributed by atoms with van der Waals surface area (Å²) in [5, 5.41) is 3.06. The average molecular weight is 358 g/mol. The molecule has 0 fully saturated rings. The monoisotopic (exact) mass is 357 g/mol. The van der Waals surface area contributed by atoms with Crippen molar-refractivity contribution in [2.24, 2.45) is 0 Å². The number of nitrogens with one attached hydrogen (secondary N) is 1. The second-order valence-electron chi connectivity index (χ2n) is 4.98. The van der Waals surface area contributed by atoms with Gasteiger partial charge in [-0.05, 0) is 59.1 Å². The minimum absolute atomic E-state index is 0.435. The molecule has 0 saturated carbocycles. The molecule has 1 N–H and O–H groups in total. The number of hydrogen-bond donors (Lipinski definition) is 1. The van der Waals surface area contributed by atoms with Crippen molar-refractivity contribution < 1.29 is 13.2 Å². The van der Waals surface area contributed by atoms with E-state index in [1.807, 2.05) is 26.0 Å². The molecule has 0 aliphatic rings. The zero-order valence-electron chi connectivity index (χ0n) is 11.7. The number of anilines is 1. The molecule has 2 aromatic rings. The number of alkyl halides is 3. The first-order valence-corrected chi connectivity index (χ1v) is 7.23. The molecule has 0 saturated heterocycles. The van der Waals surface area contributed by atoms with Gasteiger partial charge in [-0.15, -0.1) is 0 Å². The van der Waals surface area contributed by atoms with E-state index in [-0.39, 0.29) is 0 Å². The Bertz CT molecular complexity index is 650. The summed E-state index contributed by atoms with van der Waals surface area (Å²) in [5.41, 5.74) is 3.12. The van der Waals surface area contributed by atoms with Gasteiger partial charge in [-0.25, -0.2) is 0 Å². The van der Waals surface area contributed by atoms with Gasteiger partial charge >= 0.3 is 6.18 Å². The molecule has 21 heavy (non-hydrogen) atoms. The lowest BCUT2D eigenvalue weighted by Gasteiger charge is -2.14. The van der Waals surface area contributed by atoms with Crippen LogP contribution in [0.1, 0.15) is 22.3 Å². The molecule has 0 aliphatic heterocycles. The maximum absolute atomic E-state index is 12.7. The first-order chi connectivity index (χ1) is 9.77. The van der Waals surface area contributed by atoms with Crippen LogP contribution in [-0.4, -0.2) is 0 Å². The standard InChI is InChI=1S/C16H15BrF3N/c1-10-3-4-12(11(2)7-10)9-21-15-8-13(16(18,19)20)5-6-14(15)17/h3-8,21H,9H2,1-2H3. The van der Waals surface area contributed by atoms with Crippen LogP contribution in [0.25, 0.3) is 0 Å². The van der Waals surface area contributed by atoms with Crippen LogP contribution in [0, 0.1) is 13.8 Å². The smallest absolute Gasteiger partial charge is 0.380 e. The zero-order valence-corrected chi connectivity index (χ0v) is 13.3. The van der Waals surface area contributed by atoms with E-state index in [4.69, 9.17) is 0 Å². The van der Waals surface area contributed by atoms with Crippen LogP contribution in [0.3, 0.4) is 0 Å². The van der Waals surface area contributed by atoms with E-state index in [9.17, 15) is 13.2 Å². The molecule has 0 aromatic heterocycles. The molecule has 0 heterocycles. The van der Waals surface area contributed by atoms with E-state index in [0.717, 1.165) is 28.8 Å². The van der Waals surface area contributed by atoms with Crippen LogP contribution in [-0.2, 0) is 12.7 Å². The predicted octanol–water partition coefficient (Wildman–Crippen LogP) is 5.70. The predicted molar refractivity (Wildman–Crippen MR) is 82.4 cm³/mol. The third kappa shape index (κ3) is 4.00. The molecule has 1 nitrogen and oxygen atoms in total. The molecule has 0 amide bonds. The first kappa shape index (κ1) is 15.9. The van der Waals surface area contributed by atoms with Crippen LogP contribution in [0.4, 0.5) is 18.9 Å². The number of aryl methyl sites for hydroxylation is 2. The van der Waals surface area contributed by atoms with Crippen LogP contribution in [0.2, 0.25) is 0 Å². The number of rotatable bonds is 3. The second-order valence-corrected chi connectivity index (χ2v) is 5.83. The minimum atomic E-state index is -4.34. The van der Waals surface area contributed by atoms with Gasteiger partial charge in [-0.2, -0.15) is 13.2 Å². The maximum Gasteiger partial charge on any atom is 0.416 e. The van der Waals surface area contributed by atoms with Gasteiger partial charge < -0.3 is 5.32 Å². The summed E-state index contributed by atoms with van der Waals surface area (Å²) in [6, 6.07) is 9.62. The molecule has 2 rings (SSSR count). The largest absolute Gasteiger partial charge is 0.416 e. The molecule has 2 aromatic carbocycles. The molecular weight excluding hydrogens is 343 g/mol. The quantitative estimate of drug-likeness (QED) is 0.743. The fourth-order valence-electron chi connectivity index (χ4n) is 2.07. The zero-order chi connectivity index (χ0) is 15.6. The Labute approximate surface area is 130 Å². The van der Waals surface area contributed by atoms with E-state index in [1.54, 1.807) is 0 Å². The number of benzene rings is 2. The highest BCUT2D eigenvalue weighted by Crippen LogP contribution is 2.34. The van der Waals surface area contributed by atoms with Crippen LogP contribution in [0.15, 0.2) is 40.9 Å². The van der Waals surface area contributed by atoms with Gasteiger partial charge in [0.1, 0.15) is 0 Å². The second kappa shape index (κ2) is 6.10. The Hall–Kier alpha value is -1.49. The Morgan fingerprint density at radius 3 is 2.38 bits per heavy atom. The van der Waals surface area contributed by atoms with Crippen LogP contribution >= 0.6 is 15.9 Å². The Morgan fingerprint density at radius 2 is 1.76 bits per heavy atom. The van der Waals surface area contributed by atoms with E-state index in [1.165, 1.54) is 6.07 Å². The van der Waals surface area contributed by atoms with Crippen molar-refractivity contribution in [3.63, 3.8) is 0 Å². The van der Waals surface area contributed by atoms with Crippen molar-refractivity contribution >= 4 is 21.6 Å². The van der Waals surface area contributed by atoms with Crippen molar-refractivity contribution in [3.05, 3.63) is 63.1 Å². The number of hydrogen-bond acceptors (Lipinski definition) is 1. The van der Waals surface area contributed by atoms with Gasteiger partial charge in [0.05, 0.1) is 5.56 Å².